The monoisotopic (exact) mass is 223 g/mol. The van der Waals surface area contributed by atoms with Crippen molar-refractivity contribution < 1.29 is 9.53 Å². The minimum Gasteiger partial charge on any atom is -0.465 e. The third kappa shape index (κ3) is 2.45. The van der Waals surface area contributed by atoms with E-state index >= 15 is 0 Å². The Bertz CT molecular complexity index is 388. The SMILES string of the molecule is COC(=O)c1ccc(SC2CC2)c(N)c1. The van der Waals surface area contributed by atoms with Crippen molar-refractivity contribution in [3.63, 3.8) is 0 Å². The van der Waals surface area contributed by atoms with Crippen molar-refractivity contribution in [2.75, 3.05) is 12.8 Å². The highest BCUT2D eigenvalue weighted by Crippen LogP contribution is 2.41. The number of nitrogen functional groups attached to an aromatic ring is 1. The first-order valence-corrected chi connectivity index (χ1v) is 5.73. The summed E-state index contributed by atoms with van der Waals surface area (Å²) in [6, 6.07) is 5.33. The van der Waals surface area contributed by atoms with Crippen molar-refractivity contribution in [3.8, 4) is 0 Å². The molecule has 2 rings (SSSR count). The van der Waals surface area contributed by atoms with E-state index in [-0.39, 0.29) is 5.97 Å². The lowest BCUT2D eigenvalue weighted by atomic mass is 10.2. The molecule has 4 heteroatoms. The summed E-state index contributed by atoms with van der Waals surface area (Å²) in [7, 11) is 1.37. The molecule has 0 aromatic heterocycles. The largest absolute Gasteiger partial charge is 0.465 e. The molecule has 0 aliphatic heterocycles. The molecule has 0 saturated heterocycles. The van der Waals surface area contributed by atoms with Gasteiger partial charge in [0.05, 0.1) is 12.7 Å². The van der Waals surface area contributed by atoms with Gasteiger partial charge >= 0.3 is 5.97 Å². The normalized spacial score (nSPS) is 15.0. The second kappa shape index (κ2) is 4.14. The van der Waals surface area contributed by atoms with Gasteiger partial charge in [-0.15, -0.1) is 11.8 Å². The predicted molar refractivity (Wildman–Crippen MR) is 61.1 cm³/mol. The molecule has 0 spiro atoms. The summed E-state index contributed by atoms with van der Waals surface area (Å²) in [6.07, 6.45) is 2.53. The maximum Gasteiger partial charge on any atom is 0.337 e. The first-order valence-electron chi connectivity index (χ1n) is 4.85. The zero-order valence-electron chi connectivity index (χ0n) is 8.53. The third-order valence-electron chi connectivity index (χ3n) is 2.25. The number of thioether (sulfide) groups is 1. The molecule has 1 aromatic carbocycles. The molecule has 0 heterocycles. The summed E-state index contributed by atoms with van der Waals surface area (Å²) in [5, 5.41) is 0.719. The van der Waals surface area contributed by atoms with Crippen LogP contribution in [0.25, 0.3) is 0 Å². The minimum atomic E-state index is -0.343. The quantitative estimate of drug-likeness (QED) is 0.631. The molecule has 3 nitrogen and oxygen atoms in total. The van der Waals surface area contributed by atoms with Gasteiger partial charge in [0.1, 0.15) is 0 Å². The van der Waals surface area contributed by atoms with E-state index in [2.05, 4.69) is 4.74 Å². The van der Waals surface area contributed by atoms with Crippen LogP contribution in [0.4, 0.5) is 5.69 Å². The number of anilines is 1. The van der Waals surface area contributed by atoms with Crippen molar-refractivity contribution in [2.24, 2.45) is 0 Å². The molecular weight excluding hydrogens is 210 g/mol. The Balaban J connectivity index is 2.17. The lowest BCUT2D eigenvalue weighted by Crippen LogP contribution is -2.02. The van der Waals surface area contributed by atoms with Crippen LogP contribution in [0.3, 0.4) is 0 Å². The fourth-order valence-corrected chi connectivity index (χ4v) is 2.34. The smallest absolute Gasteiger partial charge is 0.337 e. The van der Waals surface area contributed by atoms with E-state index in [9.17, 15) is 4.79 Å². The summed E-state index contributed by atoms with van der Waals surface area (Å²) in [6.45, 7) is 0. The maximum atomic E-state index is 11.2. The lowest BCUT2D eigenvalue weighted by molar-refractivity contribution is 0.0600. The van der Waals surface area contributed by atoms with Crippen LogP contribution in [0, 0.1) is 0 Å². The third-order valence-corrected chi connectivity index (χ3v) is 3.68. The van der Waals surface area contributed by atoms with Crippen LogP contribution in [0.5, 0.6) is 0 Å². The minimum absolute atomic E-state index is 0.343. The Morgan fingerprint density at radius 2 is 2.27 bits per heavy atom. The number of carbonyl (C=O) groups is 1. The zero-order chi connectivity index (χ0) is 10.8. The molecule has 0 bridgehead atoms. The molecule has 1 aliphatic carbocycles. The van der Waals surface area contributed by atoms with Crippen LogP contribution in [-0.2, 0) is 4.74 Å². The average Bonchev–Trinajstić information content (AvgIpc) is 3.04. The van der Waals surface area contributed by atoms with Gasteiger partial charge in [0.25, 0.3) is 0 Å². The van der Waals surface area contributed by atoms with Crippen LogP contribution < -0.4 is 5.73 Å². The fraction of sp³-hybridized carbons (Fsp3) is 0.364. The highest BCUT2D eigenvalue weighted by atomic mass is 32.2. The van der Waals surface area contributed by atoms with Crippen LogP contribution >= 0.6 is 11.8 Å². The van der Waals surface area contributed by atoms with E-state index in [1.54, 1.807) is 23.9 Å². The summed E-state index contributed by atoms with van der Waals surface area (Å²) < 4.78 is 4.62. The van der Waals surface area contributed by atoms with Crippen LogP contribution in [0.1, 0.15) is 23.2 Å². The second-order valence-corrected chi connectivity index (χ2v) is 4.90. The predicted octanol–water partition coefficient (Wildman–Crippen LogP) is 2.31. The van der Waals surface area contributed by atoms with Gasteiger partial charge in [0, 0.05) is 15.8 Å². The molecule has 1 saturated carbocycles. The van der Waals surface area contributed by atoms with E-state index in [4.69, 9.17) is 5.73 Å². The summed E-state index contributed by atoms with van der Waals surface area (Å²) >= 11 is 1.79. The highest BCUT2D eigenvalue weighted by Gasteiger charge is 2.23. The molecule has 80 valence electrons. The number of hydrogen-bond donors (Lipinski definition) is 1. The Hall–Kier alpha value is -1.16. The van der Waals surface area contributed by atoms with Gasteiger partial charge in [-0.1, -0.05) is 0 Å². The summed E-state index contributed by atoms with van der Waals surface area (Å²) in [4.78, 5) is 12.3. The molecule has 1 aliphatic rings. The van der Waals surface area contributed by atoms with Gasteiger partial charge in [-0.3, -0.25) is 0 Å². The Morgan fingerprint density at radius 3 is 2.80 bits per heavy atom. The van der Waals surface area contributed by atoms with Gasteiger partial charge in [-0.05, 0) is 31.0 Å². The van der Waals surface area contributed by atoms with Crippen molar-refractivity contribution in [2.45, 2.75) is 23.0 Å². The number of hydrogen-bond acceptors (Lipinski definition) is 4. The van der Waals surface area contributed by atoms with E-state index < -0.39 is 0 Å². The number of methoxy groups -OCH3 is 1. The molecule has 2 N–H and O–H groups in total. The highest BCUT2D eigenvalue weighted by molar-refractivity contribution is 8.00. The summed E-state index contributed by atoms with van der Waals surface area (Å²) in [5.74, 6) is -0.343. The van der Waals surface area contributed by atoms with Crippen LogP contribution in [-0.4, -0.2) is 18.3 Å². The standard InChI is InChI=1S/C11H13NO2S/c1-14-11(13)7-2-5-10(9(12)6-7)15-8-3-4-8/h2,5-6,8H,3-4,12H2,1H3. The van der Waals surface area contributed by atoms with Gasteiger partial charge in [0.15, 0.2) is 0 Å². The van der Waals surface area contributed by atoms with E-state index in [0.717, 1.165) is 10.1 Å². The number of rotatable bonds is 3. The number of ether oxygens (including phenoxy) is 1. The molecule has 15 heavy (non-hydrogen) atoms. The van der Waals surface area contributed by atoms with Crippen molar-refractivity contribution >= 4 is 23.4 Å². The molecule has 1 aromatic rings. The Morgan fingerprint density at radius 1 is 1.53 bits per heavy atom. The van der Waals surface area contributed by atoms with Gasteiger partial charge in [-0.2, -0.15) is 0 Å². The number of carbonyl (C=O) groups excluding carboxylic acids is 1. The Labute approximate surface area is 93.0 Å². The first-order chi connectivity index (χ1) is 7.20. The first kappa shape index (κ1) is 10.4. The fourth-order valence-electron chi connectivity index (χ4n) is 1.27. The number of nitrogens with two attached hydrogens (primary N) is 1. The molecule has 0 amide bonds. The van der Waals surface area contributed by atoms with E-state index in [1.165, 1.54) is 20.0 Å². The molecule has 0 unspecified atom stereocenters. The van der Waals surface area contributed by atoms with Gasteiger partial charge in [0.2, 0.25) is 0 Å². The topological polar surface area (TPSA) is 52.3 Å². The number of benzene rings is 1. The second-order valence-electron chi connectivity index (χ2n) is 3.56. The van der Waals surface area contributed by atoms with E-state index in [0.29, 0.717) is 11.3 Å². The number of esters is 1. The maximum absolute atomic E-state index is 11.2. The summed E-state index contributed by atoms with van der Waals surface area (Å²) in [5.41, 5.74) is 7.03. The van der Waals surface area contributed by atoms with Crippen molar-refractivity contribution in [3.05, 3.63) is 23.8 Å². The molecule has 0 radical (unpaired) electrons. The van der Waals surface area contributed by atoms with Crippen LogP contribution in [0.2, 0.25) is 0 Å². The lowest BCUT2D eigenvalue weighted by Gasteiger charge is -2.06. The Kier molecular flexibility index (Phi) is 2.86. The van der Waals surface area contributed by atoms with Gasteiger partial charge in [-0.25, -0.2) is 4.79 Å². The van der Waals surface area contributed by atoms with Crippen molar-refractivity contribution in [1.29, 1.82) is 0 Å². The van der Waals surface area contributed by atoms with Gasteiger partial charge < -0.3 is 10.5 Å². The molecule has 0 atom stereocenters. The van der Waals surface area contributed by atoms with E-state index in [1.807, 2.05) is 6.07 Å². The van der Waals surface area contributed by atoms with Crippen molar-refractivity contribution in [1.82, 2.24) is 0 Å². The molecular formula is C11H13NO2S. The van der Waals surface area contributed by atoms with Crippen LogP contribution in [0.15, 0.2) is 23.1 Å². The average molecular weight is 223 g/mol. The zero-order valence-corrected chi connectivity index (χ0v) is 9.34. The molecule has 1 fully saturated rings.